The van der Waals surface area contributed by atoms with Crippen LogP contribution in [0.5, 0.6) is 5.75 Å². The van der Waals surface area contributed by atoms with Crippen LogP contribution in [0.25, 0.3) is 0 Å². The summed E-state index contributed by atoms with van der Waals surface area (Å²) in [7, 11) is 5.27. The number of halogens is 1. The summed E-state index contributed by atoms with van der Waals surface area (Å²) in [5, 5.41) is 6.48. The minimum absolute atomic E-state index is 0.153. The quantitative estimate of drug-likeness (QED) is 0.592. The van der Waals surface area contributed by atoms with Crippen LogP contribution in [0, 0.1) is 11.2 Å². The highest BCUT2D eigenvalue weighted by atomic mass is 19.1. The number of ether oxygens (including phenoxy) is 2. The predicted molar refractivity (Wildman–Crippen MR) is 104 cm³/mol. The summed E-state index contributed by atoms with van der Waals surface area (Å²) in [5.41, 5.74) is 1.02. The number of rotatable bonds is 5. The van der Waals surface area contributed by atoms with Crippen molar-refractivity contribution in [2.75, 3.05) is 34.5 Å². The lowest BCUT2D eigenvalue weighted by molar-refractivity contribution is -0.138. The van der Waals surface area contributed by atoms with E-state index < -0.39 is 0 Å². The Morgan fingerprint density at radius 3 is 2.71 bits per heavy atom. The number of nitrogens with zero attached hydrogens (tertiary/aromatic N) is 2. The second-order valence-corrected chi connectivity index (χ2v) is 7.63. The molecule has 8 heteroatoms. The Labute approximate surface area is 165 Å². The molecule has 0 bridgehead atoms. The van der Waals surface area contributed by atoms with Gasteiger partial charge in [0.1, 0.15) is 11.6 Å². The lowest BCUT2D eigenvalue weighted by atomic mass is 9.84. The van der Waals surface area contributed by atoms with Crippen molar-refractivity contribution in [3.8, 4) is 5.75 Å². The molecule has 28 heavy (non-hydrogen) atoms. The molecule has 1 aromatic rings. The van der Waals surface area contributed by atoms with Gasteiger partial charge in [-0.1, -0.05) is 12.8 Å². The third kappa shape index (κ3) is 4.38. The molecule has 1 amide bonds. The molecule has 1 aliphatic carbocycles. The van der Waals surface area contributed by atoms with Gasteiger partial charge >= 0.3 is 0 Å². The van der Waals surface area contributed by atoms with E-state index in [4.69, 9.17) is 9.47 Å². The van der Waals surface area contributed by atoms with E-state index in [9.17, 15) is 9.18 Å². The van der Waals surface area contributed by atoms with Crippen LogP contribution in [0.2, 0.25) is 0 Å². The normalized spacial score (nSPS) is 18.2. The van der Waals surface area contributed by atoms with Gasteiger partial charge < -0.3 is 25.0 Å². The molecule has 154 valence electrons. The molecular formula is C20H29FN4O3. The van der Waals surface area contributed by atoms with E-state index >= 15 is 0 Å². The zero-order chi connectivity index (χ0) is 20.1. The van der Waals surface area contributed by atoms with E-state index in [0.29, 0.717) is 42.5 Å². The number of benzene rings is 1. The highest BCUT2D eigenvalue weighted by Crippen LogP contribution is 2.39. The molecule has 1 aliphatic heterocycles. The van der Waals surface area contributed by atoms with Crippen LogP contribution in [0.1, 0.15) is 36.8 Å². The summed E-state index contributed by atoms with van der Waals surface area (Å²) >= 11 is 0. The third-order valence-electron chi connectivity index (χ3n) is 5.44. The predicted octanol–water partition coefficient (Wildman–Crippen LogP) is 2.01. The first-order valence-electron chi connectivity index (χ1n) is 9.63. The highest BCUT2D eigenvalue weighted by Gasteiger charge is 2.42. The maximum Gasteiger partial charge on any atom is 0.230 e. The van der Waals surface area contributed by atoms with Gasteiger partial charge in [-0.25, -0.2) is 4.39 Å². The molecule has 1 aromatic carbocycles. The number of hydrogen-bond acceptors (Lipinski definition) is 4. The molecule has 0 aromatic heterocycles. The van der Waals surface area contributed by atoms with Crippen molar-refractivity contribution >= 4 is 11.9 Å². The van der Waals surface area contributed by atoms with Gasteiger partial charge in [-0.3, -0.25) is 9.79 Å². The molecule has 2 N–H and O–H groups in total. The zero-order valence-corrected chi connectivity index (χ0v) is 16.8. The summed E-state index contributed by atoms with van der Waals surface area (Å²) in [6, 6.07) is 2.89. The van der Waals surface area contributed by atoms with Crippen molar-refractivity contribution < 1.29 is 18.7 Å². The molecule has 1 saturated carbocycles. The average molecular weight is 392 g/mol. The van der Waals surface area contributed by atoms with Crippen LogP contribution >= 0.6 is 0 Å². The highest BCUT2D eigenvalue weighted by molar-refractivity contribution is 5.85. The van der Waals surface area contributed by atoms with Gasteiger partial charge in [0.15, 0.2) is 12.8 Å². The Morgan fingerprint density at radius 1 is 1.29 bits per heavy atom. The Bertz CT molecular complexity index is 745. The first kappa shape index (κ1) is 20.4. The van der Waals surface area contributed by atoms with E-state index in [1.807, 2.05) is 0 Å². The minimum Gasteiger partial charge on any atom is -0.467 e. The van der Waals surface area contributed by atoms with E-state index in [1.54, 1.807) is 26.0 Å². The number of nitrogens with one attached hydrogen (secondary N) is 2. The average Bonchev–Trinajstić information content (AvgIpc) is 3.17. The first-order chi connectivity index (χ1) is 13.4. The molecule has 1 heterocycles. The summed E-state index contributed by atoms with van der Waals surface area (Å²) in [6.07, 6.45) is 3.86. The fourth-order valence-electron chi connectivity index (χ4n) is 4.03. The van der Waals surface area contributed by atoms with Crippen LogP contribution in [0.3, 0.4) is 0 Å². The van der Waals surface area contributed by atoms with Gasteiger partial charge in [0.05, 0.1) is 12.0 Å². The van der Waals surface area contributed by atoms with Crippen molar-refractivity contribution in [1.82, 2.24) is 15.5 Å². The Balaban J connectivity index is 1.64. The largest absolute Gasteiger partial charge is 0.467 e. The second-order valence-electron chi connectivity index (χ2n) is 7.63. The lowest BCUT2D eigenvalue weighted by Gasteiger charge is -2.31. The molecule has 0 saturated heterocycles. The summed E-state index contributed by atoms with van der Waals surface area (Å²) in [4.78, 5) is 18.6. The number of amides is 1. The molecule has 7 nitrogen and oxygen atoms in total. The van der Waals surface area contributed by atoms with Crippen LogP contribution in [0.4, 0.5) is 4.39 Å². The molecule has 3 rings (SSSR count). The topological polar surface area (TPSA) is 75.2 Å². The van der Waals surface area contributed by atoms with E-state index in [-0.39, 0.29) is 23.9 Å². The van der Waals surface area contributed by atoms with Crippen molar-refractivity contribution in [3.05, 3.63) is 29.1 Å². The Kier molecular flexibility index (Phi) is 6.39. The number of carbonyl (C=O) groups excluding carboxylic acids is 1. The number of fused-ring (bicyclic) bond motifs is 1. The zero-order valence-electron chi connectivity index (χ0n) is 16.8. The molecule has 0 spiro atoms. The van der Waals surface area contributed by atoms with Gasteiger partial charge in [-0.2, -0.15) is 0 Å². The summed E-state index contributed by atoms with van der Waals surface area (Å²) in [6.45, 7) is 1.37. The van der Waals surface area contributed by atoms with Gasteiger partial charge in [-0.05, 0) is 25.0 Å². The van der Waals surface area contributed by atoms with Crippen molar-refractivity contribution in [2.24, 2.45) is 10.4 Å². The Hall–Kier alpha value is -2.35. The maximum absolute atomic E-state index is 13.9. The van der Waals surface area contributed by atoms with Crippen LogP contribution in [-0.4, -0.2) is 51.2 Å². The SMILES string of the molecule is CN=C(NCc1cc(F)cc2c1OCOC2)NCC1(C(=O)N(C)C)CCCC1. The molecule has 1 fully saturated rings. The van der Waals surface area contributed by atoms with E-state index in [2.05, 4.69) is 15.6 Å². The molecule has 0 atom stereocenters. The van der Waals surface area contributed by atoms with Gasteiger partial charge in [-0.15, -0.1) is 0 Å². The molecule has 0 radical (unpaired) electrons. The number of guanidine groups is 1. The van der Waals surface area contributed by atoms with E-state index in [1.165, 1.54) is 12.1 Å². The molecule has 2 aliphatic rings. The Morgan fingerprint density at radius 2 is 2.04 bits per heavy atom. The van der Waals surface area contributed by atoms with Crippen molar-refractivity contribution in [2.45, 2.75) is 38.8 Å². The van der Waals surface area contributed by atoms with E-state index in [0.717, 1.165) is 25.7 Å². The third-order valence-corrected chi connectivity index (χ3v) is 5.44. The van der Waals surface area contributed by atoms with Crippen molar-refractivity contribution in [3.63, 3.8) is 0 Å². The van der Waals surface area contributed by atoms with Crippen LogP contribution in [-0.2, 0) is 22.7 Å². The number of aliphatic imine (C=N–C) groups is 1. The smallest absolute Gasteiger partial charge is 0.230 e. The molecule has 0 unspecified atom stereocenters. The standard InChI is InChI=1S/C20H29FN4O3/c1-22-19(24-12-20(6-4-5-7-20)18(26)25(2)3)23-10-14-8-16(21)9-15-11-27-13-28-17(14)15/h8-9H,4-7,10-13H2,1-3H3,(H2,22,23,24). The number of carbonyl (C=O) groups is 1. The lowest BCUT2D eigenvalue weighted by Crippen LogP contribution is -2.49. The van der Waals surface area contributed by atoms with Gasteiger partial charge in [0, 0.05) is 45.4 Å². The van der Waals surface area contributed by atoms with Crippen LogP contribution in [0.15, 0.2) is 17.1 Å². The maximum atomic E-state index is 13.9. The second kappa shape index (κ2) is 8.77. The first-order valence-corrected chi connectivity index (χ1v) is 9.63. The molecular weight excluding hydrogens is 363 g/mol. The van der Waals surface area contributed by atoms with Crippen LogP contribution < -0.4 is 15.4 Å². The summed E-state index contributed by atoms with van der Waals surface area (Å²) in [5.74, 6) is 1.06. The monoisotopic (exact) mass is 392 g/mol. The minimum atomic E-state index is -0.389. The number of hydrogen-bond donors (Lipinski definition) is 2. The van der Waals surface area contributed by atoms with Gasteiger partial charge in [0.25, 0.3) is 0 Å². The fourth-order valence-corrected chi connectivity index (χ4v) is 4.03. The van der Waals surface area contributed by atoms with Gasteiger partial charge in [0.2, 0.25) is 5.91 Å². The summed E-state index contributed by atoms with van der Waals surface area (Å²) < 4.78 is 24.7. The van der Waals surface area contributed by atoms with Crippen molar-refractivity contribution in [1.29, 1.82) is 0 Å². The fraction of sp³-hybridized carbons (Fsp3) is 0.600.